The van der Waals surface area contributed by atoms with Crippen molar-refractivity contribution in [1.82, 2.24) is 9.55 Å². The number of carbonyl (C=O) groups excluding carboxylic acids is 1. The van der Waals surface area contributed by atoms with E-state index in [0.717, 1.165) is 17.1 Å². The zero-order valence-electron chi connectivity index (χ0n) is 10.5. The van der Waals surface area contributed by atoms with Crippen LogP contribution in [-0.4, -0.2) is 33.0 Å². The Kier molecular flexibility index (Phi) is 4.05. The summed E-state index contributed by atoms with van der Waals surface area (Å²) in [5, 5.41) is 8.53. The maximum Gasteiger partial charge on any atom is 0.419 e. The van der Waals surface area contributed by atoms with Gasteiger partial charge in [0, 0.05) is 19.2 Å². The van der Waals surface area contributed by atoms with Gasteiger partial charge in [0.05, 0.1) is 0 Å². The van der Waals surface area contributed by atoms with Crippen LogP contribution in [0.1, 0.15) is 32.9 Å². The van der Waals surface area contributed by atoms with Gasteiger partial charge in [0.2, 0.25) is 0 Å². The van der Waals surface area contributed by atoms with Crippen LogP contribution in [0.4, 0.5) is 13.6 Å². The van der Waals surface area contributed by atoms with Crippen LogP contribution in [0.5, 0.6) is 0 Å². The minimum atomic E-state index is -3.26. The Hall–Kier alpha value is -1.50. The molecule has 7 heteroatoms. The van der Waals surface area contributed by atoms with E-state index in [1.165, 1.54) is 0 Å². The second kappa shape index (κ2) is 5.01. The molecule has 1 aromatic rings. The average molecular weight is 262 g/mol. The average Bonchev–Trinajstić information content (AvgIpc) is 2.63. The Morgan fingerprint density at radius 3 is 2.61 bits per heavy atom. The third-order valence-electron chi connectivity index (χ3n) is 1.99. The molecule has 0 saturated heterocycles. The molecule has 0 unspecified atom stereocenters. The normalized spacial score (nSPS) is 12.6. The first-order chi connectivity index (χ1) is 8.15. The lowest BCUT2D eigenvalue weighted by Crippen LogP contribution is -2.26. The SMILES string of the molecule is CC(C)(C)OC(=O)n1cnc(C(F)(F)CCO)c1. The van der Waals surface area contributed by atoms with E-state index in [1.807, 2.05) is 0 Å². The molecule has 0 saturated carbocycles. The van der Waals surface area contributed by atoms with Crippen LogP contribution in [0.2, 0.25) is 0 Å². The first kappa shape index (κ1) is 14.6. The predicted molar refractivity (Wildman–Crippen MR) is 59.5 cm³/mol. The van der Waals surface area contributed by atoms with E-state index in [2.05, 4.69) is 4.98 Å². The van der Waals surface area contributed by atoms with Crippen molar-refractivity contribution in [2.75, 3.05) is 6.61 Å². The summed E-state index contributed by atoms with van der Waals surface area (Å²) in [5.74, 6) is -3.26. The minimum absolute atomic E-state index is 0.567. The molecule has 0 spiro atoms. The number of aliphatic hydroxyl groups excluding tert-OH is 1. The van der Waals surface area contributed by atoms with Crippen molar-refractivity contribution in [3.05, 3.63) is 18.2 Å². The van der Waals surface area contributed by atoms with Gasteiger partial charge in [-0.1, -0.05) is 0 Å². The molecule has 0 bridgehead atoms. The Balaban J connectivity index is 2.84. The van der Waals surface area contributed by atoms with Gasteiger partial charge in [0.15, 0.2) is 0 Å². The molecule has 0 aliphatic carbocycles. The standard InChI is InChI=1S/C11H16F2N2O3/c1-10(2,3)18-9(17)15-6-8(14-7-15)11(12,13)4-5-16/h6-7,16H,4-5H2,1-3H3. The summed E-state index contributed by atoms with van der Waals surface area (Å²) in [7, 11) is 0. The number of aliphatic hydroxyl groups is 1. The van der Waals surface area contributed by atoms with E-state index in [-0.39, 0.29) is 0 Å². The number of hydrogen-bond donors (Lipinski definition) is 1. The largest absolute Gasteiger partial charge is 0.443 e. The number of rotatable bonds is 3. The molecule has 0 atom stereocenters. The van der Waals surface area contributed by atoms with Crippen molar-refractivity contribution in [1.29, 1.82) is 0 Å². The molecule has 0 aromatic carbocycles. The lowest BCUT2D eigenvalue weighted by atomic mass is 10.2. The van der Waals surface area contributed by atoms with Crippen molar-refractivity contribution in [3.63, 3.8) is 0 Å². The Labute approximate surface area is 103 Å². The summed E-state index contributed by atoms with van der Waals surface area (Å²) < 4.78 is 32.6. The Bertz CT molecular complexity index is 424. The highest BCUT2D eigenvalue weighted by atomic mass is 19.3. The fourth-order valence-electron chi connectivity index (χ4n) is 1.19. The number of carbonyl (C=O) groups is 1. The van der Waals surface area contributed by atoms with Gasteiger partial charge in [0.1, 0.15) is 17.6 Å². The smallest absolute Gasteiger partial charge is 0.419 e. The highest BCUT2D eigenvalue weighted by molar-refractivity contribution is 5.70. The van der Waals surface area contributed by atoms with Gasteiger partial charge in [0.25, 0.3) is 5.92 Å². The van der Waals surface area contributed by atoms with E-state index in [1.54, 1.807) is 20.8 Å². The molecule has 0 aliphatic heterocycles. The van der Waals surface area contributed by atoms with Gasteiger partial charge in [-0.25, -0.2) is 14.3 Å². The predicted octanol–water partition coefficient (Wildman–Crippen LogP) is 2.14. The second-order valence-corrected chi connectivity index (χ2v) is 4.82. The fourth-order valence-corrected chi connectivity index (χ4v) is 1.19. The summed E-state index contributed by atoms with van der Waals surface area (Å²) in [6.07, 6.45) is 0.359. The molecule has 0 radical (unpaired) electrons. The molecule has 5 nitrogen and oxygen atoms in total. The molecule has 18 heavy (non-hydrogen) atoms. The van der Waals surface area contributed by atoms with Gasteiger partial charge < -0.3 is 9.84 Å². The maximum atomic E-state index is 13.4. The summed E-state index contributed by atoms with van der Waals surface area (Å²) >= 11 is 0. The van der Waals surface area contributed by atoms with E-state index in [4.69, 9.17) is 9.84 Å². The Morgan fingerprint density at radius 2 is 2.11 bits per heavy atom. The molecular formula is C11H16F2N2O3. The molecule has 1 rings (SSSR count). The highest BCUT2D eigenvalue weighted by Crippen LogP contribution is 2.29. The van der Waals surface area contributed by atoms with Crippen LogP contribution < -0.4 is 0 Å². The summed E-state index contributed by atoms with van der Waals surface area (Å²) in [6.45, 7) is 4.35. The van der Waals surface area contributed by atoms with Crippen LogP contribution in [0.3, 0.4) is 0 Å². The van der Waals surface area contributed by atoms with Gasteiger partial charge in [-0.3, -0.25) is 0 Å². The van der Waals surface area contributed by atoms with Crippen LogP contribution in [0.25, 0.3) is 0 Å². The van der Waals surface area contributed by atoms with E-state index in [9.17, 15) is 13.6 Å². The second-order valence-electron chi connectivity index (χ2n) is 4.82. The van der Waals surface area contributed by atoms with Crippen molar-refractivity contribution < 1.29 is 23.4 Å². The van der Waals surface area contributed by atoms with E-state index < -0.39 is 36.3 Å². The zero-order valence-corrected chi connectivity index (χ0v) is 10.5. The lowest BCUT2D eigenvalue weighted by Gasteiger charge is -2.19. The number of alkyl halides is 2. The topological polar surface area (TPSA) is 64.4 Å². The van der Waals surface area contributed by atoms with Gasteiger partial charge >= 0.3 is 6.09 Å². The summed E-state index contributed by atoms with van der Waals surface area (Å²) in [4.78, 5) is 15.0. The van der Waals surface area contributed by atoms with Gasteiger partial charge in [-0.15, -0.1) is 0 Å². The van der Waals surface area contributed by atoms with Gasteiger partial charge in [-0.2, -0.15) is 8.78 Å². The van der Waals surface area contributed by atoms with Gasteiger partial charge in [-0.05, 0) is 20.8 Å². The molecule has 0 aliphatic rings. The number of hydrogen-bond acceptors (Lipinski definition) is 4. The zero-order chi connectivity index (χ0) is 14.0. The minimum Gasteiger partial charge on any atom is -0.443 e. The molecule has 0 fully saturated rings. The summed E-state index contributed by atoms with van der Waals surface area (Å²) in [5.41, 5.74) is -1.28. The molecule has 0 amide bonds. The fraction of sp³-hybridized carbons (Fsp3) is 0.636. The maximum absolute atomic E-state index is 13.4. The van der Waals surface area contributed by atoms with Crippen molar-refractivity contribution in [3.8, 4) is 0 Å². The van der Waals surface area contributed by atoms with E-state index >= 15 is 0 Å². The van der Waals surface area contributed by atoms with Crippen LogP contribution in [0, 0.1) is 0 Å². The first-order valence-corrected chi connectivity index (χ1v) is 5.42. The van der Waals surface area contributed by atoms with Crippen molar-refractivity contribution in [2.45, 2.75) is 38.7 Å². The Morgan fingerprint density at radius 1 is 1.50 bits per heavy atom. The quantitative estimate of drug-likeness (QED) is 0.906. The van der Waals surface area contributed by atoms with Crippen LogP contribution >= 0.6 is 0 Å². The number of aromatic nitrogens is 2. The van der Waals surface area contributed by atoms with Crippen molar-refractivity contribution >= 4 is 6.09 Å². The number of nitrogens with zero attached hydrogens (tertiary/aromatic N) is 2. The van der Waals surface area contributed by atoms with Crippen LogP contribution in [0.15, 0.2) is 12.5 Å². The molecule has 102 valence electrons. The third kappa shape index (κ3) is 3.76. The van der Waals surface area contributed by atoms with Crippen LogP contribution in [-0.2, 0) is 10.7 Å². The summed E-state index contributed by atoms with van der Waals surface area (Å²) in [6, 6.07) is 0. The first-order valence-electron chi connectivity index (χ1n) is 5.42. The monoisotopic (exact) mass is 262 g/mol. The number of ether oxygens (including phenoxy) is 1. The molecular weight excluding hydrogens is 246 g/mol. The number of imidazole rings is 1. The van der Waals surface area contributed by atoms with Crippen molar-refractivity contribution in [2.24, 2.45) is 0 Å². The molecule has 1 aromatic heterocycles. The molecule has 1 heterocycles. The molecule has 1 N–H and O–H groups in total. The number of halogens is 2. The third-order valence-corrected chi connectivity index (χ3v) is 1.99. The lowest BCUT2D eigenvalue weighted by molar-refractivity contribution is -0.0307. The van der Waals surface area contributed by atoms with E-state index in [0.29, 0.717) is 0 Å². The highest BCUT2D eigenvalue weighted by Gasteiger charge is 2.34.